The van der Waals surface area contributed by atoms with Crippen LogP contribution in [0.1, 0.15) is 110 Å². The fourth-order valence-electron chi connectivity index (χ4n) is 2.81. The van der Waals surface area contributed by atoms with Crippen molar-refractivity contribution in [2.45, 2.75) is 110 Å². The zero-order valence-electron chi connectivity index (χ0n) is 16.0. The third-order valence-electron chi connectivity index (χ3n) is 4.20. The Kier molecular flexibility index (Phi) is 21.2. The predicted molar refractivity (Wildman–Crippen MR) is 99.0 cm³/mol. The molecule has 0 rings (SSSR count). The first-order valence-electron chi connectivity index (χ1n) is 9.70. The number of phosphoric ester groups is 1. The normalized spacial score (nSPS) is 11.2. The fourth-order valence-corrected chi connectivity index (χ4v) is 3.15. The van der Waals surface area contributed by atoms with Gasteiger partial charge in [-0.1, -0.05) is 96.8 Å². The first kappa shape index (κ1) is 27.6. The zero-order valence-corrected chi connectivity index (χ0v) is 18.3. The molecule has 0 heterocycles. The van der Waals surface area contributed by atoms with Crippen molar-refractivity contribution >= 4 is 36.8 Å². The molecule has 0 saturated carbocycles. The Morgan fingerprint density at radius 3 is 1.36 bits per heavy atom. The van der Waals surface area contributed by atoms with Gasteiger partial charge < -0.3 is 18.9 Å². The molecule has 0 amide bonds. The molecule has 0 aromatic heterocycles. The second-order valence-electron chi connectivity index (χ2n) is 6.61. The molecule has 7 heteroatoms. The van der Waals surface area contributed by atoms with Crippen molar-refractivity contribution in [3.8, 4) is 0 Å². The Balaban J connectivity index is 0. The molecule has 0 atom stereocenters. The van der Waals surface area contributed by atoms with Gasteiger partial charge in [-0.25, -0.2) is 0 Å². The Bertz CT molecular complexity index is 346. The number of phosphoric acid groups is 1. The van der Waals surface area contributed by atoms with E-state index in [4.69, 9.17) is 0 Å². The van der Waals surface area contributed by atoms with Crippen LogP contribution in [0.3, 0.4) is 0 Å². The van der Waals surface area contributed by atoms with Gasteiger partial charge in [-0.05, 0) is 6.42 Å². The van der Waals surface area contributed by atoms with E-state index >= 15 is 0 Å². The molecule has 0 radical (unpaired) electrons. The second kappa shape index (κ2) is 19.2. The van der Waals surface area contributed by atoms with Crippen molar-refractivity contribution in [3.05, 3.63) is 0 Å². The minimum atomic E-state index is -5.16. The van der Waals surface area contributed by atoms with Gasteiger partial charge in [-0.2, -0.15) is 0 Å². The summed E-state index contributed by atoms with van der Waals surface area (Å²) in [7, 11) is -5.16. The van der Waals surface area contributed by atoms with Crippen molar-refractivity contribution in [2.75, 3.05) is 0 Å². The van der Waals surface area contributed by atoms with Gasteiger partial charge in [0.05, 0.1) is 0 Å². The average Bonchev–Trinajstić information content (AvgIpc) is 2.49. The van der Waals surface area contributed by atoms with E-state index in [0.717, 1.165) is 19.3 Å². The average molecular weight is 387 g/mol. The molecule has 5 nitrogen and oxygen atoms in total. The summed E-state index contributed by atoms with van der Waals surface area (Å²) in [5, 5.41) is 0. The van der Waals surface area contributed by atoms with Crippen LogP contribution in [0.2, 0.25) is 0 Å². The second-order valence-corrected chi connectivity index (χ2v) is 7.69. The van der Waals surface area contributed by atoms with E-state index in [1.54, 1.807) is 0 Å². The van der Waals surface area contributed by atoms with Gasteiger partial charge in [0.25, 0.3) is 0 Å². The summed E-state index contributed by atoms with van der Waals surface area (Å²) in [5.74, 6) is -0.932. The van der Waals surface area contributed by atoms with E-state index < -0.39 is 13.8 Å². The van der Waals surface area contributed by atoms with E-state index in [2.05, 4.69) is 11.4 Å². The van der Waals surface area contributed by atoms with Crippen LogP contribution in [0, 0.1) is 0 Å². The standard InChI is InChI=1S/C18H37O5P.Mg/c1-2-3-4-5-6-7-8-9-10-11-12-13-14-15-16-17-18(19)23-24(20,21)22;/h2-17H2,1H3,(H2,20,21,22);/q;+2/p-2. The quantitative estimate of drug-likeness (QED) is 0.212. The molecule has 0 spiro atoms. The van der Waals surface area contributed by atoms with E-state index in [1.807, 2.05) is 0 Å². The molecular formula is C18H35MgO5P. The first-order chi connectivity index (χ1) is 11.5. The molecule has 0 aromatic rings. The molecule has 0 aromatic carbocycles. The van der Waals surface area contributed by atoms with Crippen molar-refractivity contribution in [3.63, 3.8) is 0 Å². The maximum Gasteiger partial charge on any atom is 2.00 e. The Labute approximate surface area is 170 Å². The number of rotatable bonds is 17. The molecule has 0 bridgehead atoms. The first-order valence-corrected chi connectivity index (χ1v) is 11.2. The predicted octanol–water partition coefficient (Wildman–Crippen LogP) is 4.24. The van der Waals surface area contributed by atoms with Gasteiger partial charge in [0.15, 0.2) is 0 Å². The van der Waals surface area contributed by atoms with Crippen molar-refractivity contribution in [1.29, 1.82) is 0 Å². The summed E-state index contributed by atoms with van der Waals surface area (Å²) in [4.78, 5) is 31.5. The van der Waals surface area contributed by atoms with E-state index in [0.29, 0.717) is 6.42 Å². The summed E-state index contributed by atoms with van der Waals surface area (Å²) in [5.41, 5.74) is 0. The monoisotopic (exact) mass is 386 g/mol. The van der Waals surface area contributed by atoms with Gasteiger partial charge in [0.1, 0.15) is 7.82 Å². The maximum atomic E-state index is 11.0. The van der Waals surface area contributed by atoms with Crippen LogP contribution >= 0.6 is 7.82 Å². The van der Waals surface area contributed by atoms with Gasteiger partial charge in [0, 0.05) is 6.42 Å². The Morgan fingerprint density at radius 1 is 0.720 bits per heavy atom. The smallest absolute Gasteiger partial charge is 0.780 e. The topological polar surface area (TPSA) is 89.5 Å². The third-order valence-corrected chi connectivity index (χ3v) is 4.63. The molecule has 0 aliphatic rings. The largest absolute Gasteiger partial charge is 2.00 e. The van der Waals surface area contributed by atoms with Crippen LogP contribution in [-0.4, -0.2) is 29.0 Å². The van der Waals surface area contributed by atoms with Crippen LogP contribution < -0.4 is 9.79 Å². The molecule has 0 saturated heterocycles. The van der Waals surface area contributed by atoms with Crippen LogP contribution in [-0.2, 0) is 13.9 Å². The molecule has 25 heavy (non-hydrogen) atoms. The number of unbranched alkanes of at least 4 members (excludes halogenated alkanes) is 14. The molecule has 144 valence electrons. The number of hydrogen-bond acceptors (Lipinski definition) is 5. The SMILES string of the molecule is CCCCCCCCCCCCCCCCCC(=O)OP(=O)([O-])[O-].[Mg+2]. The molecule has 0 aliphatic carbocycles. The minimum Gasteiger partial charge on any atom is -0.780 e. The zero-order chi connectivity index (χ0) is 18.1. The van der Waals surface area contributed by atoms with Crippen LogP contribution in [0.5, 0.6) is 0 Å². The summed E-state index contributed by atoms with van der Waals surface area (Å²) in [6.07, 6.45) is 18.4. The Morgan fingerprint density at radius 2 is 1.04 bits per heavy atom. The summed E-state index contributed by atoms with van der Waals surface area (Å²) in [6, 6.07) is 0. The van der Waals surface area contributed by atoms with E-state index in [-0.39, 0.29) is 29.5 Å². The van der Waals surface area contributed by atoms with Crippen molar-refractivity contribution in [1.82, 2.24) is 0 Å². The molecule has 0 fully saturated rings. The minimum absolute atomic E-state index is 0. The van der Waals surface area contributed by atoms with Gasteiger partial charge in [-0.15, -0.1) is 0 Å². The molecule has 0 N–H and O–H groups in total. The molecule has 0 aliphatic heterocycles. The number of carbonyl (C=O) groups is 1. The van der Waals surface area contributed by atoms with Crippen LogP contribution in [0.4, 0.5) is 0 Å². The number of hydrogen-bond donors (Lipinski definition) is 0. The van der Waals surface area contributed by atoms with Crippen molar-refractivity contribution < 1.29 is 23.7 Å². The molecule has 0 unspecified atom stereocenters. The molecular weight excluding hydrogens is 351 g/mol. The summed E-state index contributed by atoms with van der Waals surface area (Å²) >= 11 is 0. The van der Waals surface area contributed by atoms with Gasteiger partial charge in [0.2, 0.25) is 0 Å². The van der Waals surface area contributed by atoms with E-state index in [9.17, 15) is 19.1 Å². The van der Waals surface area contributed by atoms with Gasteiger partial charge >= 0.3 is 29.0 Å². The van der Waals surface area contributed by atoms with Gasteiger partial charge in [-0.3, -0.25) is 4.79 Å². The third kappa shape index (κ3) is 24.4. The van der Waals surface area contributed by atoms with Crippen LogP contribution in [0.25, 0.3) is 0 Å². The summed E-state index contributed by atoms with van der Waals surface area (Å²) < 4.78 is 14.0. The Hall–Kier alpha value is 0.386. The van der Waals surface area contributed by atoms with E-state index in [1.165, 1.54) is 70.6 Å². The number of carbonyl (C=O) groups excluding carboxylic acids is 1. The van der Waals surface area contributed by atoms with Crippen molar-refractivity contribution in [2.24, 2.45) is 0 Å². The van der Waals surface area contributed by atoms with Crippen LogP contribution in [0.15, 0.2) is 0 Å². The summed E-state index contributed by atoms with van der Waals surface area (Å²) in [6.45, 7) is 2.25. The fraction of sp³-hybridized carbons (Fsp3) is 0.944. The maximum absolute atomic E-state index is 11.0.